The summed E-state index contributed by atoms with van der Waals surface area (Å²) in [6, 6.07) is 8.31. The number of anilines is 1. The Bertz CT molecular complexity index is 397. The summed E-state index contributed by atoms with van der Waals surface area (Å²) in [5.74, 6) is 0.478. The minimum atomic E-state index is -0.0874. The van der Waals surface area contributed by atoms with Crippen LogP contribution in [0, 0.1) is 0 Å². The Balaban J connectivity index is 1.92. The molecular weight excluding hydrogens is 212 g/mol. The molecule has 2 N–H and O–H groups in total. The average Bonchev–Trinajstić information content (AvgIpc) is 2.24. The Morgan fingerprint density at radius 2 is 2.12 bits per heavy atom. The van der Waals surface area contributed by atoms with Gasteiger partial charge in [0, 0.05) is 11.7 Å². The van der Waals surface area contributed by atoms with Gasteiger partial charge in [-0.05, 0) is 42.9 Å². The first-order chi connectivity index (χ1) is 8.15. The van der Waals surface area contributed by atoms with E-state index < -0.39 is 0 Å². The van der Waals surface area contributed by atoms with Gasteiger partial charge in [0.1, 0.15) is 0 Å². The predicted molar refractivity (Wildman–Crippen MR) is 70.3 cm³/mol. The van der Waals surface area contributed by atoms with Crippen LogP contribution in [0.5, 0.6) is 0 Å². The zero-order valence-electron chi connectivity index (χ0n) is 10.5. The van der Waals surface area contributed by atoms with Crippen molar-refractivity contribution in [2.45, 2.75) is 45.1 Å². The molecule has 0 radical (unpaired) electrons. The highest BCUT2D eigenvalue weighted by atomic mass is 16.2. The Kier molecular flexibility index (Phi) is 3.67. The minimum Gasteiger partial charge on any atom is -0.335 e. The lowest BCUT2D eigenvalue weighted by Crippen LogP contribution is -2.41. The highest BCUT2D eigenvalue weighted by molar-refractivity contribution is 5.89. The summed E-state index contributed by atoms with van der Waals surface area (Å²) in [6.07, 6.45) is 3.45. The number of benzene rings is 1. The minimum absolute atomic E-state index is 0.0874. The zero-order chi connectivity index (χ0) is 12.3. The molecule has 2 rings (SSSR count). The van der Waals surface area contributed by atoms with Crippen LogP contribution in [-0.4, -0.2) is 12.1 Å². The molecule has 3 heteroatoms. The van der Waals surface area contributed by atoms with Crippen LogP contribution >= 0.6 is 0 Å². The van der Waals surface area contributed by atoms with Gasteiger partial charge in [-0.25, -0.2) is 4.79 Å². The van der Waals surface area contributed by atoms with E-state index in [4.69, 9.17) is 0 Å². The fourth-order valence-corrected chi connectivity index (χ4v) is 1.88. The lowest BCUT2D eigenvalue weighted by Gasteiger charge is -2.26. The monoisotopic (exact) mass is 232 g/mol. The molecule has 0 aromatic heterocycles. The van der Waals surface area contributed by atoms with E-state index in [9.17, 15) is 4.79 Å². The highest BCUT2D eigenvalue weighted by Crippen LogP contribution is 2.20. The van der Waals surface area contributed by atoms with E-state index in [1.54, 1.807) is 0 Å². The molecule has 1 aromatic rings. The van der Waals surface area contributed by atoms with Crippen molar-refractivity contribution in [3.05, 3.63) is 29.8 Å². The van der Waals surface area contributed by atoms with Crippen molar-refractivity contribution in [3.8, 4) is 0 Å². The molecule has 0 saturated heterocycles. The van der Waals surface area contributed by atoms with Gasteiger partial charge < -0.3 is 10.6 Å². The van der Waals surface area contributed by atoms with Crippen molar-refractivity contribution in [2.24, 2.45) is 0 Å². The number of hydrogen-bond donors (Lipinski definition) is 2. The Morgan fingerprint density at radius 3 is 2.71 bits per heavy atom. The Labute approximate surface area is 103 Å². The van der Waals surface area contributed by atoms with Crippen LogP contribution in [0.4, 0.5) is 10.5 Å². The SMILES string of the molecule is CC(C)c1cccc(NC(=O)NC2CCC2)c1. The molecule has 1 saturated carbocycles. The molecule has 0 aliphatic heterocycles. The summed E-state index contributed by atoms with van der Waals surface area (Å²) in [6.45, 7) is 4.29. The van der Waals surface area contributed by atoms with Crippen LogP contribution in [0.25, 0.3) is 0 Å². The average molecular weight is 232 g/mol. The molecule has 92 valence electrons. The van der Waals surface area contributed by atoms with Gasteiger partial charge in [-0.1, -0.05) is 26.0 Å². The molecule has 1 aliphatic rings. The molecule has 0 bridgehead atoms. The van der Waals surface area contributed by atoms with Crippen LogP contribution in [0.2, 0.25) is 0 Å². The zero-order valence-corrected chi connectivity index (χ0v) is 10.5. The number of rotatable bonds is 3. The van der Waals surface area contributed by atoms with E-state index in [0.29, 0.717) is 12.0 Å². The van der Waals surface area contributed by atoms with Crippen molar-refractivity contribution in [2.75, 3.05) is 5.32 Å². The maximum atomic E-state index is 11.7. The molecule has 1 aromatic carbocycles. The topological polar surface area (TPSA) is 41.1 Å². The fourth-order valence-electron chi connectivity index (χ4n) is 1.88. The lowest BCUT2D eigenvalue weighted by molar-refractivity contribution is 0.240. The van der Waals surface area contributed by atoms with E-state index in [2.05, 4.69) is 30.5 Å². The lowest BCUT2D eigenvalue weighted by atomic mass is 9.93. The fraction of sp³-hybridized carbons (Fsp3) is 0.500. The van der Waals surface area contributed by atoms with Crippen molar-refractivity contribution in [1.29, 1.82) is 0 Å². The molecule has 0 heterocycles. The van der Waals surface area contributed by atoms with Crippen LogP contribution in [0.1, 0.15) is 44.6 Å². The molecular formula is C14H20N2O. The molecule has 1 aliphatic carbocycles. The van der Waals surface area contributed by atoms with Crippen LogP contribution in [-0.2, 0) is 0 Å². The smallest absolute Gasteiger partial charge is 0.319 e. The van der Waals surface area contributed by atoms with Gasteiger partial charge in [-0.3, -0.25) is 0 Å². The van der Waals surface area contributed by atoms with E-state index in [1.165, 1.54) is 12.0 Å². The van der Waals surface area contributed by atoms with E-state index in [-0.39, 0.29) is 6.03 Å². The Hall–Kier alpha value is -1.51. The summed E-state index contributed by atoms with van der Waals surface area (Å²) in [5.41, 5.74) is 2.11. The molecule has 17 heavy (non-hydrogen) atoms. The third-order valence-corrected chi connectivity index (χ3v) is 3.25. The molecule has 0 unspecified atom stereocenters. The molecule has 0 atom stereocenters. The van der Waals surface area contributed by atoms with Crippen molar-refractivity contribution in [3.63, 3.8) is 0 Å². The largest absolute Gasteiger partial charge is 0.335 e. The third-order valence-electron chi connectivity index (χ3n) is 3.25. The number of nitrogens with one attached hydrogen (secondary N) is 2. The normalized spacial score (nSPS) is 15.5. The van der Waals surface area contributed by atoms with Gasteiger partial charge >= 0.3 is 6.03 Å². The van der Waals surface area contributed by atoms with E-state index in [0.717, 1.165) is 18.5 Å². The van der Waals surface area contributed by atoms with E-state index in [1.807, 2.05) is 18.2 Å². The van der Waals surface area contributed by atoms with Crippen molar-refractivity contribution >= 4 is 11.7 Å². The summed E-state index contributed by atoms with van der Waals surface area (Å²) in [5, 5.41) is 5.85. The summed E-state index contributed by atoms with van der Waals surface area (Å²) in [7, 11) is 0. The number of amides is 2. The number of carbonyl (C=O) groups is 1. The van der Waals surface area contributed by atoms with Crippen molar-refractivity contribution < 1.29 is 4.79 Å². The highest BCUT2D eigenvalue weighted by Gasteiger charge is 2.19. The summed E-state index contributed by atoms with van der Waals surface area (Å²) < 4.78 is 0. The van der Waals surface area contributed by atoms with Gasteiger partial charge in [0.2, 0.25) is 0 Å². The van der Waals surface area contributed by atoms with Crippen molar-refractivity contribution in [1.82, 2.24) is 5.32 Å². The van der Waals surface area contributed by atoms with Crippen LogP contribution < -0.4 is 10.6 Å². The molecule has 0 spiro atoms. The molecule has 1 fully saturated rings. The van der Waals surface area contributed by atoms with Gasteiger partial charge in [0.15, 0.2) is 0 Å². The first-order valence-electron chi connectivity index (χ1n) is 6.32. The number of urea groups is 1. The second-order valence-electron chi connectivity index (χ2n) is 5.01. The van der Waals surface area contributed by atoms with Gasteiger partial charge in [0.05, 0.1) is 0 Å². The first kappa shape index (κ1) is 12.0. The number of carbonyl (C=O) groups excluding carboxylic acids is 1. The van der Waals surface area contributed by atoms with Crippen LogP contribution in [0.15, 0.2) is 24.3 Å². The van der Waals surface area contributed by atoms with Gasteiger partial charge in [-0.15, -0.1) is 0 Å². The standard InChI is InChI=1S/C14H20N2O/c1-10(2)11-5-3-8-13(9-11)16-14(17)15-12-6-4-7-12/h3,5,8-10,12H,4,6-7H2,1-2H3,(H2,15,16,17). The van der Waals surface area contributed by atoms with Crippen LogP contribution in [0.3, 0.4) is 0 Å². The maximum absolute atomic E-state index is 11.7. The number of hydrogen-bond acceptors (Lipinski definition) is 1. The first-order valence-corrected chi connectivity index (χ1v) is 6.32. The van der Waals surface area contributed by atoms with Gasteiger partial charge in [-0.2, -0.15) is 0 Å². The van der Waals surface area contributed by atoms with Gasteiger partial charge in [0.25, 0.3) is 0 Å². The molecule has 3 nitrogen and oxygen atoms in total. The summed E-state index contributed by atoms with van der Waals surface area (Å²) in [4.78, 5) is 11.7. The molecule has 2 amide bonds. The quantitative estimate of drug-likeness (QED) is 0.823. The van der Waals surface area contributed by atoms with E-state index >= 15 is 0 Å². The Morgan fingerprint density at radius 1 is 1.35 bits per heavy atom. The second kappa shape index (κ2) is 5.21. The predicted octanol–water partition coefficient (Wildman–Crippen LogP) is 3.48. The maximum Gasteiger partial charge on any atom is 0.319 e. The second-order valence-corrected chi connectivity index (χ2v) is 5.01. The third kappa shape index (κ3) is 3.22. The summed E-state index contributed by atoms with van der Waals surface area (Å²) >= 11 is 0.